The van der Waals surface area contributed by atoms with Gasteiger partial charge in [-0.2, -0.15) is 5.10 Å². The zero-order valence-electron chi connectivity index (χ0n) is 17.3. The van der Waals surface area contributed by atoms with Crippen LogP contribution in [0.5, 0.6) is 0 Å². The number of nitrogens with one attached hydrogen (secondary N) is 1. The molecule has 1 unspecified atom stereocenters. The molecule has 0 saturated carbocycles. The molecular weight excluding hydrogens is 380 g/mol. The predicted octanol–water partition coefficient (Wildman–Crippen LogP) is 3.19. The molecule has 1 aromatic carbocycles. The van der Waals surface area contributed by atoms with Crippen LogP contribution in [0.1, 0.15) is 51.2 Å². The Morgan fingerprint density at radius 2 is 2.10 bits per heavy atom. The fraction of sp³-hybridized carbons (Fsp3) is 0.348. The van der Waals surface area contributed by atoms with Crippen molar-refractivity contribution in [3.8, 4) is 0 Å². The minimum Gasteiger partial charge on any atom is -0.469 e. The van der Waals surface area contributed by atoms with E-state index in [0.717, 1.165) is 17.7 Å². The molecule has 2 amide bonds. The summed E-state index contributed by atoms with van der Waals surface area (Å²) in [6.07, 6.45) is 3.00. The SMILES string of the molecule is Cc1cccc(CN2CCCn3nc(C(=O)NC(C)Cc4ccco4)cc3C2=O)c1. The van der Waals surface area contributed by atoms with Crippen LogP contribution < -0.4 is 5.32 Å². The topological polar surface area (TPSA) is 80.4 Å². The van der Waals surface area contributed by atoms with Crippen molar-refractivity contribution >= 4 is 11.8 Å². The number of aromatic nitrogens is 2. The Bertz CT molecular complexity index is 1040. The third-order valence-corrected chi connectivity index (χ3v) is 5.24. The van der Waals surface area contributed by atoms with Gasteiger partial charge in [-0.25, -0.2) is 0 Å². The van der Waals surface area contributed by atoms with Crippen LogP contribution in [-0.4, -0.2) is 39.1 Å². The lowest BCUT2D eigenvalue weighted by Gasteiger charge is -2.20. The van der Waals surface area contributed by atoms with Crippen LogP contribution in [0.4, 0.5) is 0 Å². The highest BCUT2D eigenvalue weighted by Crippen LogP contribution is 2.17. The molecule has 0 spiro atoms. The largest absolute Gasteiger partial charge is 0.469 e. The standard InChI is InChI=1S/C23H26N4O3/c1-16-6-3-7-18(12-16)15-26-9-5-10-27-21(23(26)29)14-20(25-27)22(28)24-17(2)13-19-8-4-11-30-19/h3-4,6-8,11-12,14,17H,5,9-10,13,15H2,1-2H3,(H,24,28). The van der Waals surface area contributed by atoms with E-state index in [1.54, 1.807) is 17.0 Å². The average Bonchev–Trinajstić information content (AvgIpc) is 3.34. The van der Waals surface area contributed by atoms with E-state index in [1.807, 2.05) is 49.1 Å². The maximum absolute atomic E-state index is 13.1. The third-order valence-electron chi connectivity index (χ3n) is 5.24. The van der Waals surface area contributed by atoms with Crippen molar-refractivity contribution in [3.63, 3.8) is 0 Å². The summed E-state index contributed by atoms with van der Waals surface area (Å²) in [4.78, 5) is 27.6. The van der Waals surface area contributed by atoms with Gasteiger partial charge in [0.05, 0.1) is 6.26 Å². The molecule has 156 valence electrons. The summed E-state index contributed by atoms with van der Waals surface area (Å²) in [6, 6.07) is 13.4. The first-order chi connectivity index (χ1) is 14.5. The summed E-state index contributed by atoms with van der Waals surface area (Å²) in [6.45, 7) is 5.78. The molecule has 0 fully saturated rings. The summed E-state index contributed by atoms with van der Waals surface area (Å²) in [7, 11) is 0. The highest BCUT2D eigenvalue weighted by atomic mass is 16.3. The molecule has 7 nitrogen and oxygen atoms in total. The minimum atomic E-state index is -0.285. The zero-order chi connectivity index (χ0) is 21.1. The molecule has 2 aromatic heterocycles. The second-order valence-electron chi connectivity index (χ2n) is 7.87. The maximum atomic E-state index is 13.1. The van der Waals surface area contributed by atoms with Crippen molar-refractivity contribution in [2.75, 3.05) is 6.54 Å². The first-order valence-electron chi connectivity index (χ1n) is 10.3. The van der Waals surface area contributed by atoms with E-state index in [0.29, 0.717) is 31.7 Å². The Hall–Kier alpha value is -3.35. The highest BCUT2D eigenvalue weighted by molar-refractivity contribution is 5.98. The first kappa shape index (κ1) is 19.9. The Morgan fingerprint density at radius 3 is 2.87 bits per heavy atom. The van der Waals surface area contributed by atoms with Crippen molar-refractivity contribution in [1.82, 2.24) is 20.0 Å². The van der Waals surface area contributed by atoms with Crippen molar-refractivity contribution in [3.05, 3.63) is 77.0 Å². The predicted molar refractivity (Wildman–Crippen MR) is 112 cm³/mol. The van der Waals surface area contributed by atoms with Gasteiger partial charge in [0.2, 0.25) is 0 Å². The minimum absolute atomic E-state index is 0.0933. The molecule has 30 heavy (non-hydrogen) atoms. The lowest BCUT2D eigenvalue weighted by Crippen LogP contribution is -2.34. The summed E-state index contributed by atoms with van der Waals surface area (Å²) in [5.41, 5.74) is 2.99. The van der Waals surface area contributed by atoms with E-state index >= 15 is 0 Å². The van der Waals surface area contributed by atoms with Gasteiger partial charge in [0.15, 0.2) is 5.69 Å². The number of aryl methyl sites for hydroxylation is 2. The lowest BCUT2D eigenvalue weighted by atomic mass is 10.1. The number of hydrogen-bond acceptors (Lipinski definition) is 4. The van der Waals surface area contributed by atoms with Crippen LogP contribution in [0.2, 0.25) is 0 Å². The summed E-state index contributed by atoms with van der Waals surface area (Å²) in [5.74, 6) is 0.433. The fourth-order valence-electron chi connectivity index (χ4n) is 3.81. The number of carbonyl (C=O) groups excluding carboxylic acids is 2. The van der Waals surface area contributed by atoms with E-state index in [-0.39, 0.29) is 23.6 Å². The Morgan fingerprint density at radius 1 is 1.23 bits per heavy atom. The van der Waals surface area contributed by atoms with Gasteiger partial charge in [0, 0.05) is 38.2 Å². The maximum Gasteiger partial charge on any atom is 0.272 e. The van der Waals surface area contributed by atoms with E-state index in [9.17, 15) is 9.59 Å². The van der Waals surface area contributed by atoms with E-state index in [2.05, 4.69) is 16.5 Å². The molecule has 3 aromatic rings. The zero-order valence-corrected chi connectivity index (χ0v) is 17.3. The molecule has 3 heterocycles. The van der Waals surface area contributed by atoms with Crippen molar-refractivity contribution in [2.24, 2.45) is 0 Å². The van der Waals surface area contributed by atoms with Crippen LogP contribution in [0.15, 0.2) is 53.1 Å². The summed E-state index contributed by atoms with van der Waals surface area (Å²) < 4.78 is 6.99. The molecule has 4 rings (SSSR count). The number of carbonyl (C=O) groups is 2. The molecule has 1 N–H and O–H groups in total. The molecule has 0 aliphatic carbocycles. The van der Waals surface area contributed by atoms with Crippen LogP contribution in [0.25, 0.3) is 0 Å². The number of nitrogens with zero attached hydrogens (tertiary/aromatic N) is 3. The van der Waals surface area contributed by atoms with Gasteiger partial charge in [-0.15, -0.1) is 0 Å². The summed E-state index contributed by atoms with van der Waals surface area (Å²) in [5, 5.41) is 7.33. The van der Waals surface area contributed by atoms with E-state index in [4.69, 9.17) is 4.42 Å². The van der Waals surface area contributed by atoms with E-state index < -0.39 is 0 Å². The summed E-state index contributed by atoms with van der Waals surface area (Å²) >= 11 is 0. The molecule has 1 atom stereocenters. The molecule has 0 radical (unpaired) electrons. The van der Waals surface area contributed by atoms with Crippen molar-refractivity contribution in [2.45, 2.75) is 45.8 Å². The Labute approximate surface area is 175 Å². The van der Waals surface area contributed by atoms with E-state index in [1.165, 1.54) is 5.56 Å². The van der Waals surface area contributed by atoms with Crippen LogP contribution in [0, 0.1) is 6.92 Å². The Kier molecular flexibility index (Phi) is 5.70. The molecule has 0 saturated heterocycles. The van der Waals surface area contributed by atoms with Gasteiger partial charge >= 0.3 is 0 Å². The second-order valence-corrected chi connectivity index (χ2v) is 7.87. The van der Waals surface area contributed by atoms with Gasteiger partial charge < -0.3 is 14.6 Å². The van der Waals surface area contributed by atoms with Crippen LogP contribution >= 0.6 is 0 Å². The number of benzene rings is 1. The van der Waals surface area contributed by atoms with Gasteiger partial charge in [-0.3, -0.25) is 14.3 Å². The number of amides is 2. The normalized spacial score (nSPS) is 14.9. The fourth-order valence-corrected chi connectivity index (χ4v) is 3.81. The van der Waals surface area contributed by atoms with Crippen LogP contribution in [-0.2, 0) is 19.5 Å². The van der Waals surface area contributed by atoms with Crippen molar-refractivity contribution in [1.29, 1.82) is 0 Å². The number of hydrogen-bond donors (Lipinski definition) is 1. The lowest BCUT2D eigenvalue weighted by molar-refractivity contribution is 0.0745. The third kappa shape index (κ3) is 4.45. The van der Waals surface area contributed by atoms with Gasteiger partial charge in [-0.05, 0) is 38.0 Å². The number of furan rings is 1. The monoisotopic (exact) mass is 406 g/mol. The highest BCUT2D eigenvalue weighted by Gasteiger charge is 2.26. The molecule has 7 heteroatoms. The average molecular weight is 406 g/mol. The number of fused-ring (bicyclic) bond motifs is 1. The molecule has 1 aliphatic rings. The second kappa shape index (κ2) is 8.57. The molecular formula is C23H26N4O3. The smallest absolute Gasteiger partial charge is 0.272 e. The Balaban J connectivity index is 1.46. The van der Waals surface area contributed by atoms with Gasteiger partial charge in [-0.1, -0.05) is 29.8 Å². The van der Waals surface area contributed by atoms with Crippen molar-refractivity contribution < 1.29 is 14.0 Å². The van der Waals surface area contributed by atoms with Crippen LogP contribution in [0.3, 0.4) is 0 Å². The van der Waals surface area contributed by atoms with Gasteiger partial charge in [0.25, 0.3) is 11.8 Å². The number of rotatable bonds is 6. The quantitative estimate of drug-likeness (QED) is 0.682. The molecule has 0 bridgehead atoms. The van der Waals surface area contributed by atoms with Gasteiger partial charge in [0.1, 0.15) is 11.5 Å². The first-order valence-corrected chi connectivity index (χ1v) is 10.3. The molecule has 1 aliphatic heterocycles.